The SMILES string of the molecule is CN(C)C(=O)CC1CCN(C(=O)Nc2ccc(F)cn2)CC1. The zero-order valence-electron chi connectivity index (χ0n) is 12.9. The fraction of sp³-hybridized carbons (Fsp3) is 0.533. The number of nitrogens with one attached hydrogen (secondary N) is 1. The van der Waals surface area contributed by atoms with Crippen LogP contribution in [0.3, 0.4) is 0 Å². The fourth-order valence-electron chi connectivity index (χ4n) is 2.41. The van der Waals surface area contributed by atoms with Crippen molar-refractivity contribution in [1.82, 2.24) is 14.8 Å². The molecule has 1 aromatic rings. The van der Waals surface area contributed by atoms with E-state index < -0.39 is 5.82 Å². The van der Waals surface area contributed by atoms with E-state index in [9.17, 15) is 14.0 Å². The molecule has 22 heavy (non-hydrogen) atoms. The Morgan fingerprint density at radius 2 is 2.05 bits per heavy atom. The van der Waals surface area contributed by atoms with Crippen molar-refractivity contribution in [2.24, 2.45) is 5.92 Å². The number of anilines is 1. The molecule has 120 valence electrons. The summed E-state index contributed by atoms with van der Waals surface area (Å²) in [7, 11) is 3.50. The van der Waals surface area contributed by atoms with Gasteiger partial charge >= 0.3 is 6.03 Å². The molecule has 1 aliphatic rings. The largest absolute Gasteiger partial charge is 0.349 e. The van der Waals surface area contributed by atoms with E-state index in [0.717, 1.165) is 19.0 Å². The van der Waals surface area contributed by atoms with Gasteiger partial charge in [-0.1, -0.05) is 0 Å². The summed E-state index contributed by atoms with van der Waals surface area (Å²) in [6, 6.07) is 2.44. The Labute approximate surface area is 129 Å². The van der Waals surface area contributed by atoms with E-state index in [0.29, 0.717) is 31.2 Å². The summed E-state index contributed by atoms with van der Waals surface area (Å²) >= 11 is 0. The highest BCUT2D eigenvalue weighted by Crippen LogP contribution is 2.21. The highest BCUT2D eigenvalue weighted by atomic mass is 19.1. The molecule has 0 bridgehead atoms. The first kappa shape index (κ1) is 16.2. The Morgan fingerprint density at radius 1 is 1.36 bits per heavy atom. The van der Waals surface area contributed by atoms with Crippen molar-refractivity contribution in [3.63, 3.8) is 0 Å². The average Bonchev–Trinajstić information content (AvgIpc) is 2.50. The molecule has 0 unspecified atom stereocenters. The molecule has 1 aromatic heterocycles. The van der Waals surface area contributed by atoms with Crippen LogP contribution in [0.4, 0.5) is 15.0 Å². The van der Waals surface area contributed by atoms with Crippen LogP contribution in [0.5, 0.6) is 0 Å². The number of piperidine rings is 1. The highest BCUT2D eigenvalue weighted by molar-refractivity contribution is 5.88. The monoisotopic (exact) mass is 308 g/mol. The van der Waals surface area contributed by atoms with Gasteiger partial charge in [0.1, 0.15) is 11.6 Å². The molecule has 0 atom stereocenters. The first-order valence-corrected chi connectivity index (χ1v) is 7.33. The summed E-state index contributed by atoms with van der Waals surface area (Å²) in [6.07, 6.45) is 3.21. The third-order valence-electron chi connectivity index (χ3n) is 3.83. The smallest absolute Gasteiger partial charge is 0.323 e. The lowest BCUT2D eigenvalue weighted by Gasteiger charge is -2.32. The molecule has 0 radical (unpaired) electrons. The number of hydrogen-bond acceptors (Lipinski definition) is 3. The molecule has 1 aliphatic heterocycles. The van der Waals surface area contributed by atoms with Gasteiger partial charge in [0, 0.05) is 33.6 Å². The Morgan fingerprint density at radius 3 is 2.59 bits per heavy atom. The standard InChI is InChI=1S/C15H21FN4O2/c1-19(2)14(21)9-11-5-7-20(8-6-11)15(22)18-13-4-3-12(16)10-17-13/h3-4,10-11H,5-9H2,1-2H3,(H,17,18,22). The van der Waals surface area contributed by atoms with Gasteiger partial charge in [0.2, 0.25) is 5.91 Å². The lowest BCUT2D eigenvalue weighted by atomic mass is 9.93. The van der Waals surface area contributed by atoms with E-state index in [1.807, 2.05) is 0 Å². The maximum absolute atomic E-state index is 12.8. The predicted molar refractivity (Wildman–Crippen MR) is 80.8 cm³/mol. The molecule has 0 saturated carbocycles. The molecule has 2 rings (SSSR count). The fourth-order valence-corrected chi connectivity index (χ4v) is 2.41. The van der Waals surface area contributed by atoms with Crippen molar-refractivity contribution >= 4 is 17.8 Å². The third-order valence-corrected chi connectivity index (χ3v) is 3.83. The maximum Gasteiger partial charge on any atom is 0.323 e. The van der Waals surface area contributed by atoms with Crippen LogP contribution in [0.1, 0.15) is 19.3 Å². The molecule has 1 fully saturated rings. The van der Waals surface area contributed by atoms with Gasteiger partial charge in [-0.05, 0) is 30.9 Å². The van der Waals surface area contributed by atoms with E-state index >= 15 is 0 Å². The third kappa shape index (κ3) is 4.41. The molecule has 6 nitrogen and oxygen atoms in total. The van der Waals surface area contributed by atoms with Gasteiger partial charge in [0.05, 0.1) is 6.20 Å². The van der Waals surface area contributed by atoms with E-state index in [-0.39, 0.29) is 11.9 Å². The molecule has 0 aliphatic carbocycles. The Bertz CT molecular complexity index is 525. The lowest BCUT2D eigenvalue weighted by Crippen LogP contribution is -2.42. The first-order chi connectivity index (χ1) is 10.5. The second-order valence-electron chi connectivity index (χ2n) is 5.71. The van der Waals surface area contributed by atoms with Crippen LogP contribution in [0.25, 0.3) is 0 Å². The summed E-state index contributed by atoms with van der Waals surface area (Å²) in [5, 5.41) is 2.65. The number of likely N-dealkylation sites (tertiary alicyclic amines) is 1. The van der Waals surface area contributed by atoms with Gasteiger partial charge in [-0.15, -0.1) is 0 Å². The van der Waals surface area contributed by atoms with Crippen molar-refractivity contribution < 1.29 is 14.0 Å². The molecule has 2 heterocycles. The molecule has 3 amide bonds. The summed E-state index contributed by atoms with van der Waals surface area (Å²) in [5.74, 6) is 0.335. The molecular weight excluding hydrogens is 287 g/mol. The van der Waals surface area contributed by atoms with E-state index in [1.165, 1.54) is 12.1 Å². The van der Waals surface area contributed by atoms with Gasteiger partial charge < -0.3 is 9.80 Å². The number of carbonyl (C=O) groups excluding carboxylic acids is 2. The van der Waals surface area contributed by atoms with Crippen LogP contribution in [0.15, 0.2) is 18.3 Å². The van der Waals surface area contributed by atoms with Crippen LogP contribution in [0, 0.1) is 11.7 Å². The Hall–Kier alpha value is -2.18. The number of pyridine rings is 1. The average molecular weight is 308 g/mol. The minimum Gasteiger partial charge on any atom is -0.349 e. The van der Waals surface area contributed by atoms with Crippen LogP contribution >= 0.6 is 0 Å². The topological polar surface area (TPSA) is 65.5 Å². The van der Waals surface area contributed by atoms with Crippen LogP contribution in [-0.4, -0.2) is 53.9 Å². The van der Waals surface area contributed by atoms with Gasteiger partial charge in [0.25, 0.3) is 0 Å². The van der Waals surface area contributed by atoms with Crippen molar-refractivity contribution in [2.45, 2.75) is 19.3 Å². The van der Waals surface area contributed by atoms with Crippen molar-refractivity contribution in [3.05, 3.63) is 24.1 Å². The minimum atomic E-state index is -0.440. The van der Waals surface area contributed by atoms with Gasteiger partial charge in [-0.3, -0.25) is 10.1 Å². The van der Waals surface area contributed by atoms with Crippen LogP contribution in [-0.2, 0) is 4.79 Å². The summed E-state index contributed by atoms with van der Waals surface area (Å²) < 4.78 is 12.8. The molecule has 7 heteroatoms. The van der Waals surface area contributed by atoms with Crippen molar-refractivity contribution in [1.29, 1.82) is 0 Å². The zero-order chi connectivity index (χ0) is 16.1. The quantitative estimate of drug-likeness (QED) is 0.928. The Kier molecular flexibility index (Phi) is 5.30. The first-order valence-electron chi connectivity index (χ1n) is 7.33. The highest BCUT2D eigenvalue weighted by Gasteiger charge is 2.25. The van der Waals surface area contributed by atoms with E-state index in [2.05, 4.69) is 10.3 Å². The second kappa shape index (κ2) is 7.20. The molecule has 1 saturated heterocycles. The molecule has 0 spiro atoms. The molecule has 0 aromatic carbocycles. The van der Waals surface area contributed by atoms with E-state index in [1.54, 1.807) is 23.9 Å². The number of urea groups is 1. The van der Waals surface area contributed by atoms with Gasteiger partial charge in [-0.25, -0.2) is 14.2 Å². The van der Waals surface area contributed by atoms with Gasteiger partial charge in [0.15, 0.2) is 0 Å². The number of halogens is 1. The van der Waals surface area contributed by atoms with Crippen molar-refractivity contribution in [3.8, 4) is 0 Å². The van der Waals surface area contributed by atoms with Crippen LogP contribution in [0.2, 0.25) is 0 Å². The molecular formula is C15H21FN4O2. The lowest BCUT2D eigenvalue weighted by molar-refractivity contribution is -0.129. The summed E-state index contributed by atoms with van der Waals surface area (Å²) in [5.41, 5.74) is 0. The summed E-state index contributed by atoms with van der Waals surface area (Å²) in [6.45, 7) is 1.22. The molecule has 1 N–H and O–H groups in total. The van der Waals surface area contributed by atoms with Crippen molar-refractivity contribution in [2.75, 3.05) is 32.5 Å². The maximum atomic E-state index is 12.8. The number of nitrogens with zero attached hydrogens (tertiary/aromatic N) is 3. The predicted octanol–water partition coefficient (Wildman–Crippen LogP) is 1.94. The number of carbonyl (C=O) groups is 2. The number of amides is 3. The number of aromatic nitrogens is 1. The summed E-state index contributed by atoms with van der Waals surface area (Å²) in [4.78, 5) is 30.9. The number of hydrogen-bond donors (Lipinski definition) is 1. The van der Waals surface area contributed by atoms with Gasteiger partial charge in [-0.2, -0.15) is 0 Å². The normalized spacial score (nSPS) is 15.5. The van der Waals surface area contributed by atoms with E-state index in [4.69, 9.17) is 0 Å². The zero-order valence-corrected chi connectivity index (χ0v) is 12.9. The number of rotatable bonds is 3. The minimum absolute atomic E-state index is 0.124. The van der Waals surface area contributed by atoms with Crippen LogP contribution < -0.4 is 5.32 Å². The second-order valence-corrected chi connectivity index (χ2v) is 5.71. The Balaban J connectivity index is 1.79.